The highest BCUT2D eigenvalue weighted by atomic mass is 32.2. The number of nitrogens with two attached hydrogens (primary N) is 2. The molecule has 1 saturated carbocycles. The normalized spacial score (nSPS) is 43.1. The number of fused-ring (bicyclic) bond motifs is 1. The van der Waals surface area contributed by atoms with Crippen LogP contribution in [0.3, 0.4) is 0 Å². The first-order chi connectivity index (χ1) is 20.3. The minimum absolute atomic E-state index is 0.0241. The molecule has 0 aromatic rings. The maximum absolute atomic E-state index is 12.9. The Morgan fingerprint density at radius 3 is 2.74 bits per heavy atom. The van der Waals surface area contributed by atoms with Crippen molar-refractivity contribution in [3.8, 4) is 0 Å². The Balaban J connectivity index is 1.11. The molecule has 11 atom stereocenters. The molecule has 1 aliphatic carbocycles. The van der Waals surface area contributed by atoms with Crippen molar-refractivity contribution >= 4 is 23.6 Å². The van der Waals surface area contributed by atoms with Gasteiger partial charge in [0.05, 0.1) is 56.3 Å². The summed E-state index contributed by atoms with van der Waals surface area (Å²) >= 11 is 1.62. The van der Waals surface area contributed by atoms with E-state index >= 15 is 0 Å². The summed E-state index contributed by atoms with van der Waals surface area (Å²) in [6, 6.07) is 0.536. The van der Waals surface area contributed by atoms with Gasteiger partial charge in [-0.05, 0) is 26.3 Å². The number of ketones is 1. The van der Waals surface area contributed by atoms with Gasteiger partial charge >= 0.3 is 0 Å². The van der Waals surface area contributed by atoms with E-state index in [0.29, 0.717) is 44.8 Å². The van der Waals surface area contributed by atoms with Crippen molar-refractivity contribution in [3.05, 3.63) is 12.0 Å². The molecule has 16 heteroatoms. The Labute approximate surface area is 250 Å². The molecule has 42 heavy (non-hydrogen) atoms. The van der Waals surface area contributed by atoms with Crippen molar-refractivity contribution in [2.75, 3.05) is 40.0 Å². The Morgan fingerprint density at radius 1 is 1.21 bits per heavy atom. The maximum Gasteiger partial charge on any atom is 0.226 e. The van der Waals surface area contributed by atoms with Gasteiger partial charge in [-0.1, -0.05) is 18.4 Å². The van der Waals surface area contributed by atoms with Gasteiger partial charge in [0.25, 0.3) is 0 Å². The van der Waals surface area contributed by atoms with E-state index in [1.54, 1.807) is 25.1 Å². The Bertz CT molecular complexity index is 1020. The molecule has 0 aromatic carbocycles. The summed E-state index contributed by atoms with van der Waals surface area (Å²) in [4.78, 5) is 27.7. The number of carbonyl (C=O) groups excluding carboxylic acids is 2. The third-order valence-corrected chi connectivity index (χ3v) is 10.8. The van der Waals surface area contributed by atoms with E-state index in [0.717, 1.165) is 25.7 Å². The van der Waals surface area contributed by atoms with Crippen molar-refractivity contribution in [1.29, 1.82) is 0 Å². The number of amides is 1. The third-order valence-electron chi connectivity index (χ3n) is 9.53. The first-order valence-electron chi connectivity index (χ1n) is 15.2. The average Bonchev–Trinajstić information content (AvgIpc) is 3.62. The van der Waals surface area contributed by atoms with Gasteiger partial charge in [0, 0.05) is 36.8 Å². The molecule has 6 rings (SSSR count). The number of morpholine rings is 1. The van der Waals surface area contributed by atoms with Crippen LogP contribution in [0.5, 0.6) is 0 Å². The van der Waals surface area contributed by atoms with Gasteiger partial charge in [-0.15, -0.1) is 0 Å². The first-order valence-corrected chi connectivity index (χ1v) is 16.1. The molecule has 1 amide bonds. The molecule has 5 fully saturated rings. The van der Waals surface area contributed by atoms with E-state index < -0.39 is 30.3 Å². The lowest BCUT2D eigenvalue weighted by Gasteiger charge is -2.49. The second-order valence-corrected chi connectivity index (χ2v) is 13.2. The van der Waals surface area contributed by atoms with Crippen molar-refractivity contribution in [2.45, 2.75) is 86.4 Å². The highest BCUT2D eigenvalue weighted by molar-refractivity contribution is 7.98. The standard InChI is InChI=1S/C26H46N10O5S/c1-30-36-23(28)20(24(29)38)25(33-26(36)31-15-5-3-2-4-14(15)27)32-18-11-17(42-34-18)13-12-40-22-16(37)10-19(41-21(13)22)35-6-8-39-9-7-35/h10,13-15,17-18,20-23,25-26,30-34H,2-9,11-12,27-28H2,1H3,(H2,29,38)/p+1/t13?,14-,15+,17?,18?,20?,21?,22?,23?,25?,26?/m1/s1. The first kappa shape index (κ1) is 30.5. The minimum Gasteiger partial charge on any atom is -0.472 e. The van der Waals surface area contributed by atoms with E-state index in [1.807, 2.05) is 5.01 Å². The number of nitrogens with zero attached hydrogens (tertiary/aromatic N) is 2. The summed E-state index contributed by atoms with van der Waals surface area (Å²) in [7, 11) is 1.79. The van der Waals surface area contributed by atoms with Crippen LogP contribution in [0, 0.1) is 11.8 Å². The number of primary amides is 1. The largest absolute Gasteiger partial charge is 0.472 e. The lowest BCUT2D eigenvalue weighted by molar-refractivity contribution is -0.431. The molecule has 4 saturated heterocycles. The summed E-state index contributed by atoms with van der Waals surface area (Å²) in [5.74, 6) is -0.574. The Kier molecular flexibility index (Phi) is 9.57. The van der Waals surface area contributed by atoms with Gasteiger partial charge in [0.2, 0.25) is 5.91 Å². The zero-order valence-electron chi connectivity index (χ0n) is 24.2. The van der Waals surface area contributed by atoms with Crippen LogP contribution in [0.25, 0.3) is 0 Å². The van der Waals surface area contributed by atoms with Gasteiger partial charge in [-0.3, -0.25) is 31.0 Å². The molecule has 12 N–H and O–H groups in total. The van der Waals surface area contributed by atoms with Crippen LogP contribution in [0.4, 0.5) is 0 Å². The summed E-state index contributed by atoms with van der Waals surface area (Å²) < 4.78 is 21.3. The molecule has 0 aromatic heterocycles. The van der Waals surface area contributed by atoms with Crippen LogP contribution in [0.1, 0.15) is 32.1 Å². The molecule has 236 valence electrons. The van der Waals surface area contributed by atoms with Crippen molar-refractivity contribution < 1.29 is 29.5 Å². The molecule has 0 spiro atoms. The van der Waals surface area contributed by atoms with Crippen LogP contribution < -0.4 is 43.3 Å². The highest BCUT2D eigenvalue weighted by Gasteiger charge is 2.52. The zero-order valence-corrected chi connectivity index (χ0v) is 25.0. The smallest absolute Gasteiger partial charge is 0.226 e. The predicted octanol–water partition coefficient (Wildman–Crippen LogP) is -3.75. The molecule has 0 bridgehead atoms. The van der Waals surface area contributed by atoms with E-state index in [2.05, 4.69) is 36.7 Å². The van der Waals surface area contributed by atoms with Crippen molar-refractivity contribution in [3.63, 3.8) is 0 Å². The van der Waals surface area contributed by atoms with Crippen LogP contribution in [0.2, 0.25) is 0 Å². The fourth-order valence-corrected chi connectivity index (χ4v) is 8.36. The number of quaternary nitrogens is 1. The maximum atomic E-state index is 12.9. The zero-order chi connectivity index (χ0) is 29.4. The van der Waals surface area contributed by atoms with E-state index in [-0.39, 0.29) is 41.6 Å². The number of ether oxygens (including phenoxy) is 3. The topological polar surface area (TPSA) is 208 Å². The number of carbonyl (C=O) groups is 2. The summed E-state index contributed by atoms with van der Waals surface area (Å²) in [6.07, 6.45) is 4.27. The van der Waals surface area contributed by atoms with Gasteiger partial charge in [-0.25, -0.2) is 4.72 Å². The molecular formula is C26H47N10O5S+. The second kappa shape index (κ2) is 13.2. The lowest BCUT2D eigenvalue weighted by atomic mass is 9.90. The fourth-order valence-electron chi connectivity index (χ4n) is 7.16. The van der Waals surface area contributed by atoms with Gasteiger partial charge in [0.1, 0.15) is 12.4 Å². The van der Waals surface area contributed by atoms with E-state index in [1.165, 1.54) is 6.42 Å². The molecule has 0 radical (unpaired) electrons. The summed E-state index contributed by atoms with van der Waals surface area (Å²) in [5, 5.41) is 12.8. The van der Waals surface area contributed by atoms with Crippen LogP contribution in [-0.4, -0.2) is 116 Å². The lowest BCUT2D eigenvalue weighted by Crippen LogP contribution is -2.81. The summed E-state index contributed by atoms with van der Waals surface area (Å²) in [6.45, 7) is 3.07. The van der Waals surface area contributed by atoms with E-state index in [4.69, 9.17) is 25.7 Å². The molecule has 9 unspecified atom stereocenters. The number of hydrazine groups is 1. The monoisotopic (exact) mass is 611 g/mol. The van der Waals surface area contributed by atoms with E-state index in [9.17, 15) is 9.59 Å². The van der Waals surface area contributed by atoms with Crippen molar-refractivity contribution in [2.24, 2.45) is 23.3 Å². The summed E-state index contributed by atoms with van der Waals surface area (Å²) in [5.41, 5.74) is 20.0. The van der Waals surface area contributed by atoms with Crippen LogP contribution in [-0.2, 0) is 23.8 Å². The van der Waals surface area contributed by atoms with Gasteiger partial charge < -0.3 is 36.3 Å². The Hall–Kier alpha value is -1.57. The molecule has 5 heterocycles. The fraction of sp³-hybridized carbons (Fsp3) is 0.846. The number of hydrogen-bond acceptors (Lipinski definition) is 14. The van der Waals surface area contributed by atoms with Crippen LogP contribution >= 0.6 is 11.9 Å². The number of nitrogens with one attached hydrogen (secondary N) is 5. The molecule has 15 nitrogen and oxygen atoms in total. The average molecular weight is 612 g/mol. The second-order valence-electron chi connectivity index (χ2n) is 12.1. The highest BCUT2D eigenvalue weighted by Crippen LogP contribution is 2.40. The Morgan fingerprint density at radius 2 is 2.00 bits per heavy atom. The SMILES string of the molecule is CNN1C(N[C@H]2CCCC[C@H]2[NH3+])NC(NC2CC(C3COC4C(=O)C=C(N5CCOCC5)OC43)SN2)C(C(N)=O)C1N. The minimum atomic E-state index is -0.692. The molecule has 6 aliphatic rings. The molecule has 5 aliphatic heterocycles. The predicted molar refractivity (Wildman–Crippen MR) is 154 cm³/mol. The number of rotatable bonds is 8. The van der Waals surface area contributed by atoms with Gasteiger partial charge in [-0.2, -0.15) is 5.01 Å². The van der Waals surface area contributed by atoms with Crippen LogP contribution in [0.15, 0.2) is 12.0 Å². The van der Waals surface area contributed by atoms with Gasteiger partial charge in [0.15, 0.2) is 17.8 Å². The van der Waals surface area contributed by atoms with Crippen molar-refractivity contribution in [1.82, 2.24) is 36.0 Å². The molecular weight excluding hydrogens is 564 g/mol. The third kappa shape index (κ3) is 6.17. The number of hydrogen-bond donors (Lipinski definition) is 8. The quantitative estimate of drug-likeness (QED) is 0.124.